The van der Waals surface area contributed by atoms with E-state index < -0.39 is 48.3 Å². The van der Waals surface area contributed by atoms with E-state index in [-0.39, 0.29) is 52.8 Å². The molecule has 0 radical (unpaired) electrons. The van der Waals surface area contributed by atoms with Gasteiger partial charge < -0.3 is 46.4 Å². The smallest absolute Gasteiger partial charge is 0.550 e. The molecule has 0 aromatic heterocycles. The van der Waals surface area contributed by atoms with Gasteiger partial charge in [-0.25, -0.2) is 14.4 Å². The number of hydrogen-bond donors (Lipinski definition) is 5. The predicted molar refractivity (Wildman–Crippen MR) is 62.2 cm³/mol. The molecule has 0 atom stereocenters. The average Bonchev–Trinajstić information content (AvgIpc) is 2.24. The molecule has 0 amide bonds. The maximum atomic E-state index is 10.3. The Kier molecular flexibility index (Phi) is 23.2. The summed E-state index contributed by atoms with van der Waals surface area (Å²) in [5, 5.41) is 52.8. The minimum Gasteiger partial charge on any atom is -0.550 e. The van der Waals surface area contributed by atoms with Crippen molar-refractivity contribution in [3.8, 4) is 0 Å². The maximum Gasteiger partial charge on any atom is 1.00 e. The van der Waals surface area contributed by atoms with Gasteiger partial charge in [-0.15, -0.1) is 0 Å². The van der Waals surface area contributed by atoms with Gasteiger partial charge in [0.15, 0.2) is 5.60 Å². The van der Waals surface area contributed by atoms with E-state index in [0.717, 1.165) is 0 Å². The summed E-state index contributed by atoms with van der Waals surface area (Å²) >= 11 is 0. The van der Waals surface area contributed by atoms with Gasteiger partial charge >= 0.3 is 47.5 Å². The number of hydrogen-bond acceptors (Lipinski definition) is 8. The van der Waals surface area contributed by atoms with Crippen LogP contribution in [-0.2, 0) is 41.0 Å². The second-order valence-corrected chi connectivity index (χ2v) is 3.44. The van der Waals surface area contributed by atoms with Crippen LogP contribution in [0, 0.1) is 0 Å². The molecule has 24 heavy (non-hydrogen) atoms. The average molecular weight is 403 g/mol. The van der Waals surface area contributed by atoms with Crippen molar-refractivity contribution in [2.75, 3.05) is 0 Å². The molecule has 0 heterocycles. The number of quaternary nitrogens is 1. The summed E-state index contributed by atoms with van der Waals surface area (Å²) in [5.74, 6) is -8.17. The normalized spacial score (nSPS) is 9.04. The summed E-state index contributed by atoms with van der Waals surface area (Å²) in [4.78, 5) is 49.3. The Morgan fingerprint density at radius 2 is 1.08 bits per heavy atom. The van der Waals surface area contributed by atoms with Crippen LogP contribution in [0.25, 0.3) is 0 Å². The SMILES string of the molecule is O=C(O)/C=C/C(=O)O.O=C([O-])CC(O)(CC(=O)[O-])C(=O)O.[Fe].[NH4+].[Na+]. The third-order valence-corrected chi connectivity index (χ3v) is 1.64. The Morgan fingerprint density at radius 3 is 1.21 bits per heavy atom. The fraction of sp³-hybridized carbons (Fsp3) is 0.300. The van der Waals surface area contributed by atoms with Crippen LogP contribution in [0.15, 0.2) is 12.2 Å². The van der Waals surface area contributed by atoms with Gasteiger partial charge in [0, 0.05) is 54.0 Å². The molecular formula is C10H14FeNNaO11. The zero-order chi connectivity index (χ0) is 17.2. The van der Waals surface area contributed by atoms with Crippen LogP contribution in [0.2, 0.25) is 0 Å². The van der Waals surface area contributed by atoms with Crippen molar-refractivity contribution >= 4 is 29.8 Å². The van der Waals surface area contributed by atoms with Crippen molar-refractivity contribution in [3.63, 3.8) is 0 Å². The number of carboxylic acids is 5. The first-order chi connectivity index (χ1) is 9.40. The number of carboxylic acid groups (broad SMARTS) is 5. The molecule has 12 nitrogen and oxygen atoms in total. The van der Waals surface area contributed by atoms with E-state index in [1.807, 2.05) is 0 Å². The summed E-state index contributed by atoms with van der Waals surface area (Å²) < 4.78 is 0. The minimum absolute atomic E-state index is 0. The molecule has 0 aromatic carbocycles. The van der Waals surface area contributed by atoms with Crippen molar-refractivity contribution in [1.29, 1.82) is 0 Å². The molecule has 8 N–H and O–H groups in total. The minimum atomic E-state index is -2.86. The molecule has 0 saturated carbocycles. The van der Waals surface area contributed by atoms with Crippen molar-refractivity contribution in [1.82, 2.24) is 6.15 Å². The number of aliphatic hydroxyl groups is 1. The van der Waals surface area contributed by atoms with Crippen LogP contribution in [0.4, 0.5) is 0 Å². The largest absolute Gasteiger partial charge is 1.00 e. The van der Waals surface area contributed by atoms with Crippen LogP contribution >= 0.6 is 0 Å². The van der Waals surface area contributed by atoms with E-state index >= 15 is 0 Å². The van der Waals surface area contributed by atoms with Gasteiger partial charge in [0.25, 0.3) is 0 Å². The number of carbonyl (C=O) groups is 5. The molecule has 14 heteroatoms. The zero-order valence-corrected chi connectivity index (χ0v) is 15.7. The Morgan fingerprint density at radius 1 is 0.833 bits per heavy atom. The summed E-state index contributed by atoms with van der Waals surface area (Å²) in [6.07, 6.45) is -1.47. The number of carbonyl (C=O) groups excluding carboxylic acids is 2. The first-order valence-electron chi connectivity index (χ1n) is 4.90. The molecule has 0 aromatic rings. The fourth-order valence-corrected chi connectivity index (χ4v) is 0.834. The third-order valence-electron chi connectivity index (χ3n) is 1.64. The van der Waals surface area contributed by atoms with Crippen molar-refractivity contribution in [3.05, 3.63) is 12.2 Å². The van der Waals surface area contributed by atoms with Crippen molar-refractivity contribution < 1.29 is 101 Å². The quantitative estimate of drug-likeness (QED) is 0.197. The van der Waals surface area contributed by atoms with Crippen LogP contribution in [0.3, 0.4) is 0 Å². The van der Waals surface area contributed by atoms with E-state index in [1.165, 1.54) is 0 Å². The van der Waals surface area contributed by atoms with Crippen LogP contribution in [0.1, 0.15) is 12.8 Å². The second-order valence-electron chi connectivity index (χ2n) is 3.44. The molecule has 0 aliphatic carbocycles. The summed E-state index contributed by atoms with van der Waals surface area (Å²) in [6, 6.07) is 0. The van der Waals surface area contributed by atoms with Crippen molar-refractivity contribution in [2.45, 2.75) is 18.4 Å². The fourth-order valence-electron chi connectivity index (χ4n) is 0.834. The summed E-state index contributed by atoms with van der Waals surface area (Å²) in [7, 11) is 0. The Hall–Kier alpha value is -1.47. The second kappa shape index (κ2) is 16.4. The molecular weight excluding hydrogens is 389 g/mol. The topological polar surface area (TPSA) is 249 Å². The van der Waals surface area contributed by atoms with E-state index in [0.29, 0.717) is 12.2 Å². The van der Waals surface area contributed by atoms with E-state index in [4.69, 9.17) is 20.4 Å². The first kappa shape index (κ1) is 34.0. The molecule has 0 unspecified atom stereocenters. The van der Waals surface area contributed by atoms with E-state index in [2.05, 4.69) is 0 Å². The van der Waals surface area contributed by atoms with Gasteiger partial charge in [0.2, 0.25) is 0 Å². The Bertz CT molecular complexity index is 447. The predicted octanol–water partition coefficient (Wildman–Crippen LogP) is -6.83. The van der Waals surface area contributed by atoms with Gasteiger partial charge in [-0.3, -0.25) is 0 Å². The maximum absolute atomic E-state index is 10.3. The van der Waals surface area contributed by atoms with Crippen LogP contribution in [0.5, 0.6) is 0 Å². The summed E-state index contributed by atoms with van der Waals surface area (Å²) in [5.41, 5.74) is -2.86. The first-order valence-corrected chi connectivity index (χ1v) is 4.90. The van der Waals surface area contributed by atoms with Crippen molar-refractivity contribution in [2.24, 2.45) is 0 Å². The van der Waals surface area contributed by atoms with Gasteiger partial charge in [-0.2, -0.15) is 0 Å². The van der Waals surface area contributed by atoms with E-state index in [9.17, 15) is 34.2 Å². The Balaban J connectivity index is -0.0000000968. The molecule has 0 saturated heterocycles. The van der Waals surface area contributed by atoms with Crippen LogP contribution in [-0.4, -0.2) is 55.9 Å². The van der Waals surface area contributed by atoms with Gasteiger partial charge in [-0.1, -0.05) is 0 Å². The molecule has 134 valence electrons. The standard InChI is InChI=1S/C6H8O7.C4H4O4.Fe.H3N.Na/c7-3(8)1-6(13,5(11)12)2-4(9)10;5-3(6)1-2-4(7)8;;;/h13H,1-2H2,(H,7,8)(H,9,10)(H,11,12);1-2H,(H,5,6)(H,7,8);;1H3;/q;;;;+1/p-1/b;2-1+;;;. The molecule has 0 aliphatic heterocycles. The van der Waals surface area contributed by atoms with Gasteiger partial charge in [0.1, 0.15) is 0 Å². The van der Waals surface area contributed by atoms with E-state index in [1.54, 1.807) is 0 Å². The molecule has 0 fully saturated rings. The summed E-state index contributed by atoms with van der Waals surface area (Å²) in [6.45, 7) is 0. The third kappa shape index (κ3) is 20.5. The molecule has 0 bridgehead atoms. The van der Waals surface area contributed by atoms with Gasteiger partial charge in [-0.05, 0) is 0 Å². The number of aliphatic carboxylic acids is 5. The van der Waals surface area contributed by atoms with Crippen LogP contribution < -0.4 is 45.9 Å². The monoisotopic (exact) mass is 403 g/mol. The zero-order valence-electron chi connectivity index (χ0n) is 12.6. The molecule has 0 aliphatic rings. The molecule has 0 spiro atoms. The number of rotatable bonds is 7. The molecule has 0 rings (SSSR count). The van der Waals surface area contributed by atoms with Gasteiger partial charge in [0.05, 0.1) is 0 Å². The Labute approximate surface area is 167 Å².